The van der Waals surface area contributed by atoms with Gasteiger partial charge in [-0.3, -0.25) is 9.78 Å². The molecule has 1 aromatic carbocycles. The largest absolute Gasteiger partial charge is 0.433 e. The van der Waals surface area contributed by atoms with Gasteiger partial charge in [0.25, 0.3) is 0 Å². The molecule has 2 heterocycles. The van der Waals surface area contributed by atoms with E-state index in [0.29, 0.717) is 31.6 Å². The lowest BCUT2D eigenvalue weighted by atomic mass is 9.89. The minimum absolute atomic E-state index is 0.160. The first kappa shape index (κ1) is 19.3. The highest BCUT2D eigenvalue weighted by atomic mass is 19.4. The highest BCUT2D eigenvalue weighted by molar-refractivity contribution is 5.80. The van der Waals surface area contributed by atoms with Gasteiger partial charge in [-0.25, -0.2) is 4.39 Å². The van der Waals surface area contributed by atoms with Gasteiger partial charge in [0.05, 0.1) is 5.92 Å². The molecule has 0 radical (unpaired) electrons. The number of carbonyl (C=O) groups excluding carboxylic acids is 1. The summed E-state index contributed by atoms with van der Waals surface area (Å²) in [5.74, 6) is -1.08. The van der Waals surface area contributed by atoms with Crippen LogP contribution in [0.25, 0.3) is 0 Å². The maximum absolute atomic E-state index is 12.9. The number of hydrogen-bond donors (Lipinski definition) is 2. The molecule has 1 aromatic heterocycles. The molecule has 2 aromatic rings. The van der Waals surface area contributed by atoms with E-state index in [2.05, 4.69) is 15.6 Å². The number of halogens is 4. The van der Waals surface area contributed by atoms with E-state index in [0.717, 1.165) is 11.6 Å². The number of rotatable bonds is 5. The number of nitrogens with zero attached hydrogens (tertiary/aromatic N) is 1. The minimum atomic E-state index is -4.48. The predicted molar refractivity (Wildman–Crippen MR) is 91.5 cm³/mol. The average molecular weight is 381 g/mol. The number of aromatic nitrogens is 1. The molecule has 4 nitrogen and oxygen atoms in total. The molecular formula is C19H19F4N3O. The molecule has 0 spiro atoms. The van der Waals surface area contributed by atoms with E-state index in [1.165, 1.54) is 24.4 Å². The van der Waals surface area contributed by atoms with Crippen LogP contribution in [0.3, 0.4) is 0 Å². The Balaban J connectivity index is 1.58. The zero-order chi connectivity index (χ0) is 19.4. The lowest BCUT2D eigenvalue weighted by Crippen LogP contribution is -2.35. The Morgan fingerprint density at radius 1 is 1.15 bits per heavy atom. The van der Waals surface area contributed by atoms with Crippen LogP contribution >= 0.6 is 0 Å². The molecule has 1 aliphatic heterocycles. The van der Waals surface area contributed by atoms with Gasteiger partial charge in [-0.05, 0) is 35.7 Å². The molecule has 1 amide bonds. The maximum Gasteiger partial charge on any atom is 0.433 e. The second-order valence-corrected chi connectivity index (χ2v) is 6.51. The third-order valence-corrected chi connectivity index (χ3v) is 4.68. The number of nitrogens with one attached hydrogen (secondary N) is 2. The molecule has 1 aliphatic rings. The Kier molecular flexibility index (Phi) is 5.74. The molecule has 2 N–H and O–H groups in total. The number of alkyl halides is 3. The summed E-state index contributed by atoms with van der Waals surface area (Å²) in [6, 6.07) is 8.38. The fraction of sp³-hybridized carbons (Fsp3) is 0.368. The predicted octanol–water partition coefficient (Wildman–Crippen LogP) is 2.90. The first-order chi connectivity index (χ1) is 12.8. The Bertz CT molecular complexity index is 775. The van der Waals surface area contributed by atoms with Crippen molar-refractivity contribution in [2.45, 2.75) is 18.5 Å². The topological polar surface area (TPSA) is 54.0 Å². The summed E-state index contributed by atoms with van der Waals surface area (Å²) in [7, 11) is 0. The standard InChI is InChI=1S/C19H19F4N3O/c20-14-4-1-12(2-5-14)7-8-25-18(27)16-11-24-10-15(16)13-3-6-17(26-9-13)19(21,22)23/h1-6,9,15-16,24H,7-8,10-11H2,(H,25,27)/t15-,16+/m0/s1. The van der Waals surface area contributed by atoms with Gasteiger partial charge in [0.2, 0.25) is 5.91 Å². The molecule has 0 bridgehead atoms. The van der Waals surface area contributed by atoms with E-state index in [9.17, 15) is 22.4 Å². The fourth-order valence-electron chi connectivity index (χ4n) is 3.21. The van der Waals surface area contributed by atoms with Crippen molar-refractivity contribution in [2.24, 2.45) is 5.92 Å². The lowest BCUT2D eigenvalue weighted by molar-refractivity contribution is -0.141. The Morgan fingerprint density at radius 3 is 2.52 bits per heavy atom. The summed E-state index contributed by atoms with van der Waals surface area (Å²) in [5.41, 5.74) is 0.564. The van der Waals surface area contributed by atoms with Gasteiger partial charge in [-0.15, -0.1) is 0 Å². The van der Waals surface area contributed by atoms with Crippen LogP contribution in [-0.4, -0.2) is 30.5 Å². The molecule has 2 atom stereocenters. The fourth-order valence-corrected chi connectivity index (χ4v) is 3.21. The van der Waals surface area contributed by atoms with E-state index >= 15 is 0 Å². The number of benzene rings is 1. The molecule has 0 saturated carbocycles. The third-order valence-electron chi connectivity index (χ3n) is 4.68. The van der Waals surface area contributed by atoms with E-state index in [1.54, 1.807) is 12.1 Å². The van der Waals surface area contributed by atoms with Crippen molar-refractivity contribution >= 4 is 5.91 Å². The summed E-state index contributed by atoms with van der Waals surface area (Å²) in [6.45, 7) is 1.36. The molecule has 8 heteroatoms. The number of hydrogen-bond acceptors (Lipinski definition) is 3. The molecule has 27 heavy (non-hydrogen) atoms. The normalized spacial score (nSPS) is 19.9. The van der Waals surface area contributed by atoms with Crippen molar-refractivity contribution in [1.82, 2.24) is 15.6 Å². The monoisotopic (exact) mass is 381 g/mol. The van der Waals surface area contributed by atoms with Crippen molar-refractivity contribution in [2.75, 3.05) is 19.6 Å². The van der Waals surface area contributed by atoms with Gasteiger partial charge in [0.1, 0.15) is 11.5 Å². The first-order valence-electron chi connectivity index (χ1n) is 8.60. The summed E-state index contributed by atoms with van der Waals surface area (Å²) < 4.78 is 50.8. The molecule has 144 valence electrons. The van der Waals surface area contributed by atoms with Crippen LogP contribution in [0.15, 0.2) is 42.6 Å². The summed E-state index contributed by atoms with van der Waals surface area (Å²) >= 11 is 0. The van der Waals surface area contributed by atoms with E-state index in [-0.39, 0.29) is 23.6 Å². The first-order valence-corrected chi connectivity index (χ1v) is 8.60. The highest BCUT2D eigenvalue weighted by Crippen LogP contribution is 2.31. The molecule has 0 unspecified atom stereocenters. The second kappa shape index (κ2) is 8.04. The van der Waals surface area contributed by atoms with Crippen molar-refractivity contribution in [3.63, 3.8) is 0 Å². The van der Waals surface area contributed by atoms with Gasteiger partial charge >= 0.3 is 6.18 Å². The van der Waals surface area contributed by atoms with E-state index in [1.807, 2.05) is 0 Å². The molecule has 0 aliphatic carbocycles. The van der Waals surface area contributed by atoms with Crippen LogP contribution in [0.1, 0.15) is 22.7 Å². The maximum atomic E-state index is 12.9. The van der Waals surface area contributed by atoms with Crippen LogP contribution in [-0.2, 0) is 17.4 Å². The molecular weight excluding hydrogens is 362 g/mol. The minimum Gasteiger partial charge on any atom is -0.355 e. The Labute approximate surface area is 154 Å². The number of amides is 1. The van der Waals surface area contributed by atoms with Gasteiger partial charge in [0.15, 0.2) is 0 Å². The Hall–Kier alpha value is -2.48. The van der Waals surface area contributed by atoms with E-state index < -0.39 is 11.9 Å². The Morgan fingerprint density at radius 2 is 1.89 bits per heavy atom. The van der Waals surface area contributed by atoms with Gasteiger partial charge in [-0.1, -0.05) is 18.2 Å². The SMILES string of the molecule is O=C(NCCc1ccc(F)cc1)[C@@H]1CNC[C@H]1c1ccc(C(F)(F)F)nc1. The summed E-state index contributed by atoms with van der Waals surface area (Å²) in [5, 5.41) is 5.96. The van der Waals surface area contributed by atoms with Crippen molar-refractivity contribution in [3.8, 4) is 0 Å². The zero-order valence-corrected chi connectivity index (χ0v) is 14.4. The smallest absolute Gasteiger partial charge is 0.355 e. The number of pyridine rings is 1. The van der Waals surface area contributed by atoms with Gasteiger partial charge in [-0.2, -0.15) is 13.2 Å². The molecule has 1 fully saturated rings. The van der Waals surface area contributed by atoms with Crippen LogP contribution < -0.4 is 10.6 Å². The van der Waals surface area contributed by atoms with Crippen LogP contribution in [0.4, 0.5) is 17.6 Å². The summed E-state index contributed by atoms with van der Waals surface area (Å²) in [4.78, 5) is 16.0. The van der Waals surface area contributed by atoms with Crippen molar-refractivity contribution in [3.05, 3.63) is 65.2 Å². The van der Waals surface area contributed by atoms with Crippen LogP contribution in [0.2, 0.25) is 0 Å². The van der Waals surface area contributed by atoms with Crippen molar-refractivity contribution < 1.29 is 22.4 Å². The quantitative estimate of drug-likeness (QED) is 0.784. The lowest BCUT2D eigenvalue weighted by Gasteiger charge is -2.19. The van der Waals surface area contributed by atoms with Crippen LogP contribution in [0.5, 0.6) is 0 Å². The number of carbonyl (C=O) groups is 1. The molecule has 3 rings (SSSR count). The highest BCUT2D eigenvalue weighted by Gasteiger charge is 2.36. The van der Waals surface area contributed by atoms with Crippen molar-refractivity contribution in [1.29, 1.82) is 0 Å². The second-order valence-electron chi connectivity index (χ2n) is 6.51. The van der Waals surface area contributed by atoms with Gasteiger partial charge < -0.3 is 10.6 Å². The summed E-state index contributed by atoms with van der Waals surface area (Å²) in [6.07, 6.45) is -2.72. The van der Waals surface area contributed by atoms with Gasteiger partial charge in [0, 0.05) is 31.7 Å². The van der Waals surface area contributed by atoms with Crippen LogP contribution in [0, 0.1) is 11.7 Å². The zero-order valence-electron chi connectivity index (χ0n) is 14.4. The molecule has 1 saturated heterocycles. The van der Waals surface area contributed by atoms with E-state index in [4.69, 9.17) is 0 Å². The average Bonchev–Trinajstić information content (AvgIpc) is 3.12. The third kappa shape index (κ3) is 4.82.